The van der Waals surface area contributed by atoms with E-state index in [4.69, 9.17) is 95.5 Å². The second-order valence-corrected chi connectivity index (χ2v) is 12.9. The molecule has 0 atom stereocenters. The molecule has 23 nitrogen and oxygen atoms in total. The topological polar surface area (TPSA) is 241 Å². The van der Waals surface area contributed by atoms with E-state index in [9.17, 15) is 4.79 Å². The number of methoxy groups -OCH3 is 4. The number of nitrogens with zero attached hydrogens (tertiary/aromatic N) is 3. The van der Waals surface area contributed by atoms with Gasteiger partial charge in [0, 0.05) is 26.2 Å². The number of esters is 1. The fraction of sp³-hybridized carbons (Fsp3) is 0.791. The molecule has 0 amide bonds. The van der Waals surface area contributed by atoms with E-state index in [0.29, 0.717) is 164 Å². The quantitative estimate of drug-likeness (QED) is 0.0228. The SMILES string of the molecule is COCCOCCOCCOCCOCCOc1cc(/C=C(\N=[N+]=[N-])C(=O)OC)cc(OCCOCCOCCOCCOCCOC)c1OCCOCCOCCOCCOCCOC. The largest absolute Gasteiger partial charge is 0.487 e. The Morgan fingerprint density at radius 2 is 0.682 bits per heavy atom. The maximum atomic E-state index is 12.4. The van der Waals surface area contributed by atoms with Crippen molar-refractivity contribution in [3.05, 3.63) is 33.8 Å². The Bertz CT molecular complexity index is 1290. The molecule has 0 aromatic heterocycles. The lowest BCUT2D eigenvalue weighted by atomic mass is 10.1. The molecule has 0 aliphatic rings. The first-order valence-electron chi connectivity index (χ1n) is 21.9. The van der Waals surface area contributed by atoms with Gasteiger partial charge >= 0.3 is 5.97 Å². The van der Waals surface area contributed by atoms with Gasteiger partial charge in [-0.15, -0.1) is 0 Å². The Labute approximate surface area is 389 Å². The molecule has 1 aromatic rings. The highest BCUT2D eigenvalue weighted by Gasteiger charge is 2.17. The molecule has 382 valence electrons. The van der Waals surface area contributed by atoms with Crippen LogP contribution in [-0.2, 0) is 80.6 Å². The minimum Gasteiger partial charge on any atom is -0.487 e. The predicted molar refractivity (Wildman–Crippen MR) is 238 cm³/mol. The van der Waals surface area contributed by atoms with Crippen LogP contribution in [0.4, 0.5) is 0 Å². The summed E-state index contributed by atoms with van der Waals surface area (Å²) in [5.74, 6) is -0.0489. The van der Waals surface area contributed by atoms with Crippen LogP contribution in [0.25, 0.3) is 16.5 Å². The second-order valence-electron chi connectivity index (χ2n) is 12.9. The number of rotatable bonds is 51. The average Bonchev–Trinajstić information content (AvgIpc) is 3.32. The number of carbonyl (C=O) groups is 1. The average molecular weight is 954 g/mol. The molecule has 0 bridgehead atoms. The van der Waals surface area contributed by atoms with Crippen molar-refractivity contribution in [2.24, 2.45) is 5.11 Å². The first-order chi connectivity index (χ1) is 32.6. The molecule has 1 aromatic carbocycles. The third-order valence-corrected chi connectivity index (χ3v) is 7.98. The molecule has 1 rings (SSSR count). The molecule has 0 N–H and O–H groups in total. The van der Waals surface area contributed by atoms with Crippen molar-refractivity contribution in [1.29, 1.82) is 0 Å². The van der Waals surface area contributed by atoms with E-state index in [1.165, 1.54) is 13.2 Å². The fourth-order valence-electron chi connectivity index (χ4n) is 4.81. The van der Waals surface area contributed by atoms with E-state index in [1.807, 2.05) is 0 Å². The van der Waals surface area contributed by atoms with Crippen LogP contribution < -0.4 is 14.2 Å². The van der Waals surface area contributed by atoms with Crippen molar-refractivity contribution < 1.29 is 94.8 Å². The number of ether oxygens (including phenoxy) is 19. The zero-order chi connectivity index (χ0) is 47.6. The molecule has 0 unspecified atom stereocenters. The summed E-state index contributed by atoms with van der Waals surface area (Å²) in [7, 11) is 6.04. The van der Waals surface area contributed by atoms with Gasteiger partial charge in [-0.2, -0.15) is 0 Å². The van der Waals surface area contributed by atoms with Crippen LogP contribution in [0.2, 0.25) is 0 Å². The fourth-order valence-corrected chi connectivity index (χ4v) is 4.81. The summed E-state index contributed by atoms with van der Waals surface area (Å²) in [4.78, 5) is 15.2. The first kappa shape index (κ1) is 60.6. The Balaban J connectivity index is 2.81. The summed E-state index contributed by atoms with van der Waals surface area (Å²) in [6.45, 7) is 11.6. The normalized spacial score (nSPS) is 11.5. The van der Waals surface area contributed by atoms with E-state index >= 15 is 0 Å². The Morgan fingerprint density at radius 3 is 0.939 bits per heavy atom. The van der Waals surface area contributed by atoms with Gasteiger partial charge in [-0.05, 0) is 29.3 Å². The molecule has 23 heteroatoms. The van der Waals surface area contributed by atoms with Crippen molar-refractivity contribution in [1.82, 2.24) is 0 Å². The molecule has 0 saturated carbocycles. The molecule has 0 aliphatic heterocycles. The molecule has 0 spiro atoms. The van der Waals surface area contributed by atoms with Crippen LogP contribution >= 0.6 is 0 Å². The third kappa shape index (κ3) is 36.6. The number of carbonyl (C=O) groups excluding carboxylic acids is 1. The van der Waals surface area contributed by atoms with Crippen LogP contribution in [0.1, 0.15) is 5.56 Å². The first-order valence-corrected chi connectivity index (χ1v) is 21.9. The highest BCUT2D eigenvalue weighted by molar-refractivity contribution is 5.93. The van der Waals surface area contributed by atoms with Crippen LogP contribution in [-0.4, -0.2) is 233 Å². The van der Waals surface area contributed by atoms with Crippen molar-refractivity contribution in [2.75, 3.05) is 227 Å². The predicted octanol–water partition coefficient (Wildman–Crippen LogP) is 2.79. The number of hydrogen-bond donors (Lipinski definition) is 0. The van der Waals surface area contributed by atoms with Crippen molar-refractivity contribution in [3.63, 3.8) is 0 Å². The Kier molecular flexibility index (Phi) is 44.1. The Morgan fingerprint density at radius 1 is 0.424 bits per heavy atom. The summed E-state index contributed by atoms with van der Waals surface area (Å²) in [5.41, 5.74) is 9.22. The summed E-state index contributed by atoms with van der Waals surface area (Å²) in [6.07, 6.45) is 1.35. The van der Waals surface area contributed by atoms with Crippen molar-refractivity contribution in [3.8, 4) is 17.2 Å². The van der Waals surface area contributed by atoms with Crippen LogP contribution in [0, 0.1) is 0 Å². The maximum absolute atomic E-state index is 12.4. The van der Waals surface area contributed by atoms with E-state index in [1.54, 1.807) is 33.5 Å². The molecular formula is C43H75N3O20. The molecule has 0 fully saturated rings. The molecule has 66 heavy (non-hydrogen) atoms. The van der Waals surface area contributed by atoms with Gasteiger partial charge in [0.25, 0.3) is 0 Å². The van der Waals surface area contributed by atoms with Gasteiger partial charge in [-0.1, -0.05) is 5.11 Å². The lowest BCUT2D eigenvalue weighted by Crippen LogP contribution is -2.16. The van der Waals surface area contributed by atoms with Gasteiger partial charge < -0.3 is 90.0 Å². The van der Waals surface area contributed by atoms with E-state index in [2.05, 4.69) is 10.0 Å². The monoisotopic (exact) mass is 953 g/mol. The summed E-state index contributed by atoms with van der Waals surface area (Å²) in [5, 5.41) is 3.50. The molecule has 0 aliphatic carbocycles. The molecule has 0 saturated heterocycles. The molecular weight excluding hydrogens is 878 g/mol. The number of benzene rings is 1. The van der Waals surface area contributed by atoms with Crippen LogP contribution in [0.15, 0.2) is 22.9 Å². The summed E-state index contributed by atoms with van der Waals surface area (Å²) in [6, 6.07) is 3.22. The smallest absolute Gasteiger partial charge is 0.340 e. The van der Waals surface area contributed by atoms with Crippen molar-refractivity contribution >= 4 is 12.0 Å². The minimum absolute atomic E-state index is 0.115. The van der Waals surface area contributed by atoms with E-state index < -0.39 is 5.97 Å². The maximum Gasteiger partial charge on any atom is 0.340 e. The Hall–Kier alpha value is -3.46. The lowest BCUT2D eigenvalue weighted by Gasteiger charge is -2.18. The zero-order valence-electron chi connectivity index (χ0n) is 39.5. The van der Waals surface area contributed by atoms with Gasteiger partial charge in [0.05, 0.1) is 185 Å². The van der Waals surface area contributed by atoms with E-state index in [0.717, 1.165) is 0 Å². The van der Waals surface area contributed by atoms with Crippen LogP contribution in [0.3, 0.4) is 0 Å². The highest BCUT2D eigenvalue weighted by Crippen LogP contribution is 2.40. The standard InChI is InChI=1S/C43H75N3O20/c1-48-5-8-52-11-14-55-17-20-58-23-26-61-29-32-64-40-36-38(35-39(45-46-44)43(47)51-4)37-41(65-33-30-62-27-24-59-21-18-56-15-12-53-9-6-49-2)42(40)66-34-31-63-28-25-60-22-19-57-16-13-54-10-7-50-3/h35-37H,5-34H2,1-4H3/b39-35-. The minimum atomic E-state index is -0.835. The third-order valence-electron chi connectivity index (χ3n) is 7.98. The van der Waals surface area contributed by atoms with Gasteiger partial charge in [-0.25, -0.2) is 4.79 Å². The summed E-state index contributed by atoms with van der Waals surface area (Å²) >= 11 is 0. The number of hydrogen-bond acceptors (Lipinski definition) is 21. The molecule has 0 radical (unpaired) electrons. The van der Waals surface area contributed by atoms with Crippen molar-refractivity contribution in [2.45, 2.75) is 0 Å². The second kappa shape index (κ2) is 48.0. The highest BCUT2D eigenvalue weighted by atomic mass is 16.6. The summed E-state index contributed by atoms with van der Waals surface area (Å²) < 4.78 is 104. The van der Waals surface area contributed by atoms with Crippen LogP contribution in [0.5, 0.6) is 17.2 Å². The van der Waals surface area contributed by atoms with E-state index in [-0.39, 0.29) is 62.6 Å². The lowest BCUT2D eigenvalue weighted by molar-refractivity contribution is -0.136. The van der Waals surface area contributed by atoms with Gasteiger partial charge in [0.1, 0.15) is 25.5 Å². The van der Waals surface area contributed by atoms with Gasteiger partial charge in [-0.3, -0.25) is 0 Å². The molecule has 0 heterocycles. The van der Waals surface area contributed by atoms with Gasteiger partial charge in [0.2, 0.25) is 5.75 Å². The zero-order valence-corrected chi connectivity index (χ0v) is 39.5. The van der Waals surface area contributed by atoms with Gasteiger partial charge in [0.15, 0.2) is 11.5 Å². The number of azide groups is 1.